The normalized spacial score (nSPS) is 14.4. The molecule has 0 radical (unpaired) electrons. The zero-order valence-corrected chi connectivity index (χ0v) is 20.1. The van der Waals surface area contributed by atoms with E-state index in [9.17, 15) is 4.79 Å². The van der Waals surface area contributed by atoms with Gasteiger partial charge in [-0.3, -0.25) is 9.69 Å². The molecule has 1 amide bonds. The molecule has 2 heterocycles. The largest absolute Gasteiger partial charge is 0.321 e. The van der Waals surface area contributed by atoms with E-state index in [1.165, 1.54) is 10.3 Å². The second-order valence-electron chi connectivity index (χ2n) is 8.84. The summed E-state index contributed by atoms with van der Waals surface area (Å²) >= 11 is 1.67. The second-order valence-corrected chi connectivity index (χ2v) is 9.87. The summed E-state index contributed by atoms with van der Waals surface area (Å²) in [6.07, 6.45) is 0. The number of anilines is 1. The van der Waals surface area contributed by atoms with Crippen LogP contribution in [0.2, 0.25) is 0 Å². The molecule has 5 nitrogen and oxygen atoms in total. The first kappa shape index (κ1) is 21.9. The molecule has 6 heteroatoms. The lowest BCUT2D eigenvalue weighted by Crippen LogP contribution is -2.42. The van der Waals surface area contributed by atoms with E-state index in [0.29, 0.717) is 5.56 Å². The number of benzene rings is 4. The van der Waals surface area contributed by atoms with Crippen LogP contribution in [0.25, 0.3) is 31.6 Å². The highest BCUT2D eigenvalue weighted by atomic mass is 32.1. The Labute approximate surface area is 208 Å². The van der Waals surface area contributed by atoms with Crippen LogP contribution in [-0.4, -0.2) is 42.0 Å². The van der Waals surface area contributed by atoms with Crippen LogP contribution in [0.15, 0.2) is 84.9 Å². The molecule has 1 saturated heterocycles. The number of fused-ring (bicyclic) bond motifs is 2. The predicted octanol–water partition coefficient (Wildman–Crippen LogP) is 5.77. The molecule has 0 unspecified atom stereocenters. The maximum Gasteiger partial charge on any atom is 0.256 e. The number of hydrogen-bond acceptors (Lipinski definition) is 5. The monoisotopic (exact) mass is 478 g/mol. The van der Waals surface area contributed by atoms with E-state index < -0.39 is 0 Å². The van der Waals surface area contributed by atoms with E-state index in [1.54, 1.807) is 11.3 Å². The number of nitrogens with one attached hydrogen (secondary N) is 2. The quantitative estimate of drug-likeness (QED) is 0.337. The molecular weight excluding hydrogens is 452 g/mol. The Morgan fingerprint density at radius 2 is 1.69 bits per heavy atom. The average molecular weight is 479 g/mol. The van der Waals surface area contributed by atoms with Gasteiger partial charge in [-0.25, -0.2) is 4.98 Å². The van der Waals surface area contributed by atoms with Gasteiger partial charge in [0.2, 0.25) is 0 Å². The number of para-hydroxylation sites is 2. The minimum absolute atomic E-state index is 0.116. The van der Waals surface area contributed by atoms with E-state index in [-0.39, 0.29) is 5.91 Å². The smallest absolute Gasteiger partial charge is 0.256 e. The zero-order valence-electron chi connectivity index (χ0n) is 19.3. The zero-order chi connectivity index (χ0) is 23.6. The highest BCUT2D eigenvalue weighted by Gasteiger charge is 2.17. The van der Waals surface area contributed by atoms with Gasteiger partial charge in [0, 0.05) is 43.9 Å². The predicted molar refractivity (Wildman–Crippen MR) is 145 cm³/mol. The highest BCUT2D eigenvalue weighted by Crippen LogP contribution is 2.36. The van der Waals surface area contributed by atoms with Crippen molar-refractivity contribution in [2.75, 3.05) is 31.5 Å². The second kappa shape index (κ2) is 9.58. The number of carbonyl (C=O) groups excluding carboxylic acids is 1. The Morgan fingerprint density at radius 1 is 0.914 bits per heavy atom. The fraction of sp³-hybridized carbons (Fsp3) is 0.172. The molecule has 35 heavy (non-hydrogen) atoms. The molecule has 1 aromatic heterocycles. The van der Waals surface area contributed by atoms with Crippen molar-refractivity contribution in [2.24, 2.45) is 0 Å². The number of carbonyl (C=O) groups is 1. The molecule has 6 rings (SSSR count). The van der Waals surface area contributed by atoms with E-state index in [0.717, 1.165) is 65.3 Å². The lowest BCUT2D eigenvalue weighted by molar-refractivity contribution is 0.102. The van der Waals surface area contributed by atoms with Crippen molar-refractivity contribution >= 4 is 43.9 Å². The van der Waals surface area contributed by atoms with Gasteiger partial charge in [0.25, 0.3) is 5.91 Å². The lowest BCUT2D eigenvalue weighted by atomic mass is 10.0. The molecule has 2 N–H and O–H groups in total. The molecule has 1 aliphatic heterocycles. The number of nitrogens with zero attached hydrogens (tertiary/aromatic N) is 2. The van der Waals surface area contributed by atoms with Gasteiger partial charge in [0.05, 0.1) is 15.9 Å². The summed E-state index contributed by atoms with van der Waals surface area (Å²) in [5.74, 6) is -0.116. The van der Waals surface area contributed by atoms with Crippen LogP contribution in [0.5, 0.6) is 0 Å². The maximum atomic E-state index is 13.3. The molecule has 0 atom stereocenters. The Kier molecular flexibility index (Phi) is 6.00. The van der Waals surface area contributed by atoms with Gasteiger partial charge in [-0.1, -0.05) is 60.7 Å². The van der Waals surface area contributed by atoms with Gasteiger partial charge in [-0.2, -0.15) is 0 Å². The van der Waals surface area contributed by atoms with Crippen LogP contribution >= 0.6 is 11.3 Å². The van der Waals surface area contributed by atoms with E-state index >= 15 is 0 Å². The molecule has 4 aromatic carbocycles. The van der Waals surface area contributed by atoms with Crippen molar-refractivity contribution in [1.82, 2.24) is 15.2 Å². The fourth-order valence-corrected chi connectivity index (χ4v) is 5.80. The van der Waals surface area contributed by atoms with E-state index in [1.807, 2.05) is 66.7 Å². The number of aromatic nitrogens is 1. The first-order valence-electron chi connectivity index (χ1n) is 12.0. The summed E-state index contributed by atoms with van der Waals surface area (Å²) in [5.41, 5.74) is 4.69. The number of hydrogen-bond donors (Lipinski definition) is 2. The standard InChI is InChI=1S/C29H26N4OS/c34-28(23-12-5-8-20-7-1-2-10-22(20)23)31-25-13-4-3-11-24(25)29-32-27-21(9-6-14-26(27)35-29)19-33-17-15-30-16-18-33/h1-14,30H,15-19H2,(H,31,34). The van der Waals surface area contributed by atoms with Crippen LogP contribution in [0.3, 0.4) is 0 Å². The van der Waals surface area contributed by atoms with Gasteiger partial charge in [-0.05, 0) is 40.6 Å². The molecule has 174 valence electrons. The Morgan fingerprint density at radius 3 is 2.60 bits per heavy atom. The van der Waals surface area contributed by atoms with Crippen LogP contribution < -0.4 is 10.6 Å². The van der Waals surface area contributed by atoms with Crippen molar-refractivity contribution in [3.05, 3.63) is 96.1 Å². The summed E-state index contributed by atoms with van der Waals surface area (Å²) in [7, 11) is 0. The summed E-state index contributed by atoms with van der Waals surface area (Å²) < 4.78 is 1.17. The van der Waals surface area contributed by atoms with Gasteiger partial charge in [0.1, 0.15) is 5.01 Å². The third kappa shape index (κ3) is 4.44. The van der Waals surface area contributed by atoms with Gasteiger partial charge >= 0.3 is 0 Å². The first-order valence-corrected chi connectivity index (χ1v) is 12.8. The summed E-state index contributed by atoms with van der Waals surface area (Å²) in [6.45, 7) is 5.07. The summed E-state index contributed by atoms with van der Waals surface area (Å²) in [5, 5.41) is 9.49. The lowest BCUT2D eigenvalue weighted by Gasteiger charge is -2.27. The fourth-order valence-electron chi connectivity index (χ4n) is 4.75. The topological polar surface area (TPSA) is 57.3 Å². The molecule has 0 spiro atoms. The van der Waals surface area contributed by atoms with Crippen LogP contribution in [0.4, 0.5) is 5.69 Å². The minimum atomic E-state index is -0.116. The van der Waals surface area contributed by atoms with Crippen LogP contribution in [-0.2, 0) is 6.54 Å². The minimum Gasteiger partial charge on any atom is -0.321 e. The Hall–Kier alpha value is -3.58. The molecule has 1 aliphatic rings. The number of amides is 1. The summed E-state index contributed by atoms with van der Waals surface area (Å²) in [6, 6.07) is 28.2. The maximum absolute atomic E-state index is 13.3. The molecular formula is C29H26N4OS. The molecule has 0 aliphatic carbocycles. The van der Waals surface area contributed by atoms with Gasteiger partial charge in [0.15, 0.2) is 0 Å². The number of rotatable bonds is 5. The van der Waals surface area contributed by atoms with E-state index in [4.69, 9.17) is 4.98 Å². The molecule has 0 saturated carbocycles. The van der Waals surface area contributed by atoms with Crippen LogP contribution in [0, 0.1) is 0 Å². The first-order chi connectivity index (χ1) is 17.3. The number of thiazole rings is 1. The SMILES string of the molecule is O=C(Nc1ccccc1-c1nc2c(CN3CCNCC3)cccc2s1)c1cccc2ccccc12. The molecule has 5 aromatic rings. The van der Waals surface area contributed by atoms with Crippen molar-refractivity contribution in [2.45, 2.75) is 6.54 Å². The van der Waals surface area contributed by atoms with Crippen molar-refractivity contribution in [1.29, 1.82) is 0 Å². The van der Waals surface area contributed by atoms with E-state index in [2.05, 4.69) is 33.7 Å². The van der Waals surface area contributed by atoms with Crippen LogP contribution in [0.1, 0.15) is 15.9 Å². The van der Waals surface area contributed by atoms with Gasteiger partial charge < -0.3 is 10.6 Å². The van der Waals surface area contributed by atoms with Crippen molar-refractivity contribution in [3.8, 4) is 10.6 Å². The highest BCUT2D eigenvalue weighted by molar-refractivity contribution is 7.21. The number of piperazine rings is 1. The van der Waals surface area contributed by atoms with Crippen molar-refractivity contribution in [3.63, 3.8) is 0 Å². The Bertz CT molecular complexity index is 1510. The third-order valence-corrected chi connectivity index (χ3v) is 7.60. The van der Waals surface area contributed by atoms with Crippen molar-refractivity contribution < 1.29 is 4.79 Å². The molecule has 1 fully saturated rings. The third-order valence-electron chi connectivity index (χ3n) is 6.55. The Balaban J connectivity index is 1.33. The molecule has 0 bridgehead atoms. The summed E-state index contributed by atoms with van der Waals surface area (Å²) in [4.78, 5) is 20.9. The average Bonchev–Trinajstić information content (AvgIpc) is 3.34. The van der Waals surface area contributed by atoms with Gasteiger partial charge in [-0.15, -0.1) is 11.3 Å².